The van der Waals surface area contributed by atoms with Crippen LogP contribution in [0.5, 0.6) is 5.75 Å². The molecule has 1 heterocycles. The lowest BCUT2D eigenvalue weighted by atomic mass is 9.94. The van der Waals surface area contributed by atoms with Gasteiger partial charge in [-0.05, 0) is 40.3 Å². The SMILES string of the molecule is CC(CC(=O)Cc1ccc(COc2ccccc2-c2ccccc2)cc1)c1cccnc1. The van der Waals surface area contributed by atoms with Crippen LogP contribution in [0.25, 0.3) is 11.1 Å². The Morgan fingerprint density at radius 3 is 2.31 bits per heavy atom. The van der Waals surface area contributed by atoms with Crippen LogP contribution in [0, 0.1) is 0 Å². The van der Waals surface area contributed by atoms with Gasteiger partial charge in [-0.2, -0.15) is 0 Å². The number of benzene rings is 3. The summed E-state index contributed by atoms with van der Waals surface area (Å²) in [7, 11) is 0. The summed E-state index contributed by atoms with van der Waals surface area (Å²) in [6.45, 7) is 2.55. The van der Waals surface area contributed by atoms with Gasteiger partial charge in [0.1, 0.15) is 18.1 Å². The summed E-state index contributed by atoms with van der Waals surface area (Å²) in [5, 5.41) is 0. The van der Waals surface area contributed by atoms with Crippen molar-refractivity contribution in [2.75, 3.05) is 0 Å². The van der Waals surface area contributed by atoms with E-state index in [2.05, 4.69) is 30.1 Å². The molecule has 0 N–H and O–H groups in total. The summed E-state index contributed by atoms with van der Waals surface area (Å²) < 4.78 is 6.13. The number of rotatable bonds is 9. The van der Waals surface area contributed by atoms with Crippen molar-refractivity contribution in [2.24, 2.45) is 0 Å². The molecule has 4 aromatic rings. The number of ether oxygens (including phenoxy) is 1. The van der Waals surface area contributed by atoms with E-state index >= 15 is 0 Å². The lowest BCUT2D eigenvalue weighted by molar-refractivity contribution is -0.118. The Balaban J connectivity index is 1.33. The van der Waals surface area contributed by atoms with E-state index in [0.717, 1.165) is 33.6 Å². The molecule has 32 heavy (non-hydrogen) atoms. The van der Waals surface area contributed by atoms with E-state index in [4.69, 9.17) is 4.74 Å². The van der Waals surface area contributed by atoms with E-state index in [-0.39, 0.29) is 11.7 Å². The van der Waals surface area contributed by atoms with Gasteiger partial charge in [0.2, 0.25) is 0 Å². The van der Waals surface area contributed by atoms with Gasteiger partial charge in [0.05, 0.1) is 0 Å². The molecule has 0 aliphatic heterocycles. The molecule has 160 valence electrons. The Kier molecular flexibility index (Phi) is 7.08. The second-order valence-electron chi connectivity index (χ2n) is 8.07. The van der Waals surface area contributed by atoms with Crippen molar-refractivity contribution in [3.8, 4) is 16.9 Å². The lowest BCUT2D eigenvalue weighted by Gasteiger charge is -2.12. The Bertz CT molecular complexity index is 1140. The van der Waals surface area contributed by atoms with E-state index in [1.807, 2.05) is 79.0 Å². The number of nitrogens with zero attached hydrogens (tertiary/aromatic N) is 1. The monoisotopic (exact) mass is 421 g/mol. The number of hydrogen-bond acceptors (Lipinski definition) is 3. The molecule has 0 spiro atoms. The van der Waals surface area contributed by atoms with Gasteiger partial charge in [0, 0.05) is 30.8 Å². The third-order valence-electron chi connectivity index (χ3n) is 5.58. The smallest absolute Gasteiger partial charge is 0.137 e. The minimum atomic E-state index is 0.175. The average Bonchev–Trinajstić information content (AvgIpc) is 2.85. The van der Waals surface area contributed by atoms with Gasteiger partial charge in [-0.25, -0.2) is 0 Å². The molecule has 0 radical (unpaired) electrons. The third kappa shape index (κ3) is 5.70. The van der Waals surface area contributed by atoms with E-state index < -0.39 is 0 Å². The standard InChI is InChI=1S/C29H27NO2/c1-22(26-10-7-17-30-20-26)18-27(31)19-23-13-15-24(16-14-23)21-32-29-12-6-5-11-28(29)25-8-3-2-4-9-25/h2-17,20,22H,18-19,21H2,1H3. The quantitative estimate of drug-likeness (QED) is 0.304. The molecular formula is C29H27NO2. The maximum atomic E-state index is 12.5. The average molecular weight is 422 g/mol. The van der Waals surface area contributed by atoms with Crippen LogP contribution in [-0.2, 0) is 17.8 Å². The van der Waals surface area contributed by atoms with Gasteiger partial charge < -0.3 is 4.74 Å². The molecule has 0 bridgehead atoms. The number of hydrogen-bond donors (Lipinski definition) is 0. The Morgan fingerprint density at radius 1 is 0.844 bits per heavy atom. The van der Waals surface area contributed by atoms with Gasteiger partial charge in [-0.3, -0.25) is 9.78 Å². The second kappa shape index (κ2) is 10.5. The van der Waals surface area contributed by atoms with Crippen molar-refractivity contribution in [1.29, 1.82) is 0 Å². The maximum absolute atomic E-state index is 12.5. The highest BCUT2D eigenvalue weighted by molar-refractivity contribution is 5.81. The van der Waals surface area contributed by atoms with E-state index in [1.54, 1.807) is 6.20 Å². The molecule has 1 atom stereocenters. The fourth-order valence-electron chi connectivity index (χ4n) is 3.79. The number of carbonyl (C=O) groups is 1. The summed E-state index contributed by atoms with van der Waals surface area (Å²) in [5.74, 6) is 1.28. The molecular weight excluding hydrogens is 394 g/mol. The first-order valence-corrected chi connectivity index (χ1v) is 11.0. The van der Waals surface area contributed by atoms with E-state index in [9.17, 15) is 4.79 Å². The van der Waals surface area contributed by atoms with Crippen LogP contribution in [-0.4, -0.2) is 10.8 Å². The largest absolute Gasteiger partial charge is 0.488 e. The predicted molar refractivity (Wildman–Crippen MR) is 129 cm³/mol. The summed E-state index contributed by atoms with van der Waals surface area (Å²) in [4.78, 5) is 16.7. The minimum Gasteiger partial charge on any atom is -0.488 e. The van der Waals surface area contributed by atoms with Crippen LogP contribution in [0.1, 0.15) is 36.0 Å². The fourth-order valence-corrected chi connectivity index (χ4v) is 3.79. The molecule has 0 saturated heterocycles. The Labute approximate surface area is 189 Å². The first-order valence-electron chi connectivity index (χ1n) is 11.0. The molecule has 3 heteroatoms. The molecule has 4 rings (SSSR count). The predicted octanol–water partition coefficient (Wildman–Crippen LogP) is 6.63. The second-order valence-corrected chi connectivity index (χ2v) is 8.07. The number of para-hydroxylation sites is 1. The first-order chi connectivity index (χ1) is 15.7. The van der Waals surface area contributed by atoms with Crippen LogP contribution < -0.4 is 4.74 Å². The van der Waals surface area contributed by atoms with Crippen molar-refractivity contribution < 1.29 is 9.53 Å². The van der Waals surface area contributed by atoms with E-state index in [0.29, 0.717) is 19.4 Å². The number of Topliss-reactive ketones (excluding diaryl/α,β-unsaturated/α-hetero) is 1. The number of ketones is 1. The van der Waals surface area contributed by atoms with Gasteiger partial charge in [0.25, 0.3) is 0 Å². The highest BCUT2D eigenvalue weighted by Crippen LogP contribution is 2.30. The Morgan fingerprint density at radius 2 is 1.56 bits per heavy atom. The molecule has 1 aromatic heterocycles. The van der Waals surface area contributed by atoms with Crippen molar-refractivity contribution in [2.45, 2.75) is 32.3 Å². The van der Waals surface area contributed by atoms with Crippen LogP contribution in [0.3, 0.4) is 0 Å². The van der Waals surface area contributed by atoms with Gasteiger partial charge >= 0.3 is 0 Å². The molecule has 3 aromatic carbocycles. The van der Waals surface area contributed by atoms with Crippen LogP contribution >= 0.6 is 0 Å². The topological polar surface area (TPSA) is 39.2 Å². The van der Waals surface area contributed by atoms with Crippen molar-refractivity contribution in [1.82, 2.24) is 4.98 Å². The molecule has 3 nitrogen and oxygen atoms in total. The van der Waals surface area contributed by atoms with Crippen LogP contribution in [0.15, 0.2) is 103 Å². The number of aromatic nitrogens is 1. The van der Waals surface area contributed by atoms with Crippen LogP contribution in [0.4, 0.5) is 0 Å². The molecule has 0 aliphatic rings. The summed E-state index contributed by atoms with van der Waals surface area (Å²) in [5.41, 5.74) is 5.43. The highest BCUT2D eigenvalue weighted by atomic mass is 16.5. The van der Waals surface area contributed by atoms with Crippen molar-refractivity contribution in [3.05, 3.63) is 120 Å². The minimum absolute atomic E-state index is 0.175. The number of pyridine rings is 1. The molecule has 1 unspecified atom stereocenters. The zero-order chi connectivity index (χ0) is 22.2. The number of carbonyl (C=O) groups excluding carboxylic acids is 1. The third-order valence-corrected chi connectivity index (χ3v) is 5.58. The summed E-state index contributed by atoms with van der Waals surface area (Å²) >= 11 is 0. The summed E-state index contributed by atoms with van der Waals surface area (Å²) in [6, 6.07) is 30.4. The maximum Gasteiger partial charge on any atom is 0.137 e. The zero-order valence-electron chi connectivity index (χ0n) is 18.3. The lowest BCUT2D eigenvalue weighted by Crippen LogP contribution is -2.08. The van der Waals surface area contributed by atoms with Crippen molar-refractivity contribution >= 4 is 5.78 Å². The fraction of sp³-hybridized carbons (Fsp3) is 0.172. The zero-order valence-corrected chi connectivity index (χ0v) is 18.3. The normalized spacial score (nSPS) is 11.7. The summed E-state index contributed by atoms with van der Waals surface area (Å²) in [6.07, 6.45) is 4.56. The molecule has 0 saturated carbocycles. The van der Waals surface area contributed by atoms with Gasteiger partial charge in [-0.15, -0.1) is 0 Å². The van der Waals surface area contributed by atoms with Crippen molar-refractivity contribution in [3.63, 3.8) is 0 Å². The highest BCUT2D eigenvalue weighted by Gasteiger charge is 2.12. The molecule has 0 aliphatic carbocycles. The van der Waals surface area contributed by atoms with Crippen LogP contribution in [0.2, 0.25) is 0 Å². The Hall–Kier alpha value is -3.72. The van der Waals surface area contributed by atoms with E-state index in [1.165, 1.54) is 0 Å². The molecule has 0 amide bonds. The van der Waals surface area contributed by atoms with Gasteiger partial charge in [-0.1, -0.05) is 85.8 Å². The molecule has 0 fully saturated rings. The van der Waals surface area contributed by atoms with Gasteiger partial charge in [0.15, 0.2) is 0 Å². The first kappa shape index (κ1) is 21.5.